The highest BCUT2D eigenvalue weighted by Crippen LogP contribution is 2.19. The van der Waals surface area contributed by atoms with Gasteiger partial charge < -0.3 is 19.5 Å². The smallest absolute Gasteiger partial charge is 0.119 e. The highest BCUT2D eigenvalue weighted by atomic mass is 16.5. The van der Waals surface area contributed by atoms with E-state index < -0.39 is 0 Å². The molecule has 1 N–H and O–H groups in total. The predicted octanol–water partition coefficient (Wildman–Crippen LogP) is 4.43. The molecule has 0 aromatic heterocycles. The fourth-order valence-electron chi connectivity index (χ4n) is 2.79. The maximum absolute atomic E-state index is 5.91. The lowest BCUT2D eigenvalue weighted by molar-refractivity contribution is 0.0679. The molecule has 0 unspecified atom stereocenters. The molecule has 4 heteroatoms. The van der Waals surface area contributed by atoms with Crippen LogP contribution in [0.1, 0.15) is 25.3 Å². The summed E-state index contributed by atoms with van der Waals surface area (Å²) in [6, 6.07) is 16.2. The monoisotopic (exact) mass is 341 g/mol. The van der Waals surface area contributed by atoms with E-state index in [1.54, 1.807) is 0 Å². The number of nitrogens with one attached hydrogen (secondary N) is 1. The first-order valence-electron chi connectivity index (χ1n) is 9.01. The molecule has 2 aromatic rings. The van der Waals surface area contributed by atoms with Crippen molar-refractivity contribution in [3.05, 3.63) is 54.1 Å². The summed E-state index contributed by atoms with van der Waals surface area (Å²) >= 11 is 0. The van der Waals surface area contributed by atoms with Gasteiger partial charge in [0, 0.05) is 12.3 Å². The quantitative estimate of drug-likeness (QED) is 0.771. The van der Waals surface area contributed by atoms with Crippen LogP contribution >= 0.6 is 0 Å². The lowest BCUT2D eigenvalue weighted by atomic mass is 10.2. The van der Waals surface area contributed by atoms with Crippen molar-refractivity contribution in [3.63, 3.8) is 0 Å². The molecule has 3 rings (SSSR count). The van der Waals surface area contributed by atoms with E-state index in [0.717, 1.165) is 43.2 Å². The predicted molar refractivity (Wildman–Crippen MR) is 101 cm³/mol. The summed E-state index contributed by atoms with van der Waals surface area (Å²) in [6.45, 7) is 6.37. The number of rotatable bonds is 8. The number of benzene rings is 2. The molecule has 1 heterocycles. The van der Waals surface area contributed by atoms with Crippen molar-refractivity contribution >= 4 is 5.69 Å². The van der Waals surface area contributed by atoms with E-state index in [4.69, 9.17) is 14.2 Å². The van der Waals surface area contributed by atoms with E-state index in [1.807, 2.05) is 36.4 Å². The van der Waals surface area contributed by atoms with E-state index >= 15 is 0 Å². The fourth-order valence-corrected chi connectivity index (χ4v) is 2.79. The Kier molecular flexibility index (Phi) is 6.18. The van der Waals surface area contributed by atoms with Crippen LogP contribution in [0.3, 0.4) is 0 Å². The SMILES string of the molecule is Cc1ccc(O[C@H](C)CNc2ccc(OC[C@@H]3CCCO3)cc2)cc1. The van der Waals surface area contributed by atoms with Crippen LogP contribution in [0.5, 0.6) is 11.5 Å². The highest BCUT2D eigenvalue weighted by molar-refractivity contribution is 5.46. The van der Waals surface area contributed by atoms with Gasteiger partial charge in [-0.2, -0.15) is 0 Å². The van der Waals surface area contributed by atoms with Crippen LogP contribution in [0.4, 0.5) is 5.69 Å². The van der Waals surface area contributed by atoms with E-state index in [9.17, 15) is 0 Å². The second-order valence-corrected chi connectivity index (χ2v) is 6.59. The van der Waals surface area contributed by atoms with Crippen molar-refractivity contribution in [2.45, 2.75) is 38.9 Å². The Hall–Kier alpha value is -2.20. The van der Waals surface area contributed by atoms with Gasteiger partial charge in [-0.15, -0.1) is 0 Å². The summed E-state index contributed by atoms with van der Waals surface area (Å²) in [5.41, 5.74) is 2.30. The highest BCUT2D eigenvalue weighted by Gasteiger charge is 2.15. The molecule has 134 valence electrons. The molecule has 1 fully saturated rings. The molecule has 2 atom stereocenters. The second-order valence-electron chi connectivity index (χ2n) is 6.59. The van der Waals surface area contributed by atoms with Gasteiger partial charge >= 0.3 is 0 Å². The maximum Gasteiger partial charge on any atom is 0.119 e. The van der Waals surface area contributed by atoms with Gasteiger partial charge in [0.15, 0.2) is 0 Å². The van der Waals surface area contributed by atoms with Crippen molar-refractivity contribution in [3.8, 4) is 11.5 Å². The van der Waals surface area contributed by atoms with E-state index in [0.29, 0.717) is 6.61 Å². The first-order valence-corrected chi connectivity index (χ1v) is 9.01. The van der Waals surface area contributed by atoms with E-state index in [-0.39, 0.29) is 12.2 Å². The second kappa shape index (κ2) is 8.77. The number of ether oxygens (including phenoxy) is 3. The molecular weight excluding hydrogens is 314 g/mol. The normalized spacial score (nSPS) is 17.9. The molecule has 25 heavy (non-hydrogen) atoms. The maximum atomic E-state index is 5.91. The van der Waals surface area contributed by atoms with Gasteiger partial charge in [-0.25, -0.2) is 0 Å². The first-order chi connectivity index (χ1) is 12.2. The lowest BCUT2D eigenvalue weighted by Crippen LogP contribution is -2.22. The van der Waals surface area contributed by atoms with Crippen molar-refractivity contribution in [1.82, 2.24) is 0 Å². The Bertz CT molecular complexity index is 633. The van der Waals surface area contributed by atoms with Crippen LogP contribution in [-0.2, 0) is 4.74 Å². The Morgan fingerprint density at radius 2 is 1.80 bits per heavy atom. The van der Waals surface area contributed by atoms with Gasteiger partial charge in [-0.1, -0.05) is 17.7 Å². The molecular formula is C21H27NO3. The first kappa shape index (κ1) is 17.6. The minimum atomic E-state index is 0.0816. The van der Waals surface area contributed by atoms with Crippen LogP contribution in [0.2, 0.25) is 0 Å². The third-order valence-electron chi connectivity index (χ3n) is 4.27. The van der Waals surface area contributed by atoms with Crippen LogP contribution in [-0.4, -0.2) is 32.0 Å². The molecule has 1 aliphatic rings. The van der Waals surface area contributed by atoms with Gasteiger partial charge in [0.05, 0.1) is 12.6 Å². The molecule has 1 aliphatic heterocycles. The molecule has 0 radical (unpaired) electrons. The third-order valence-corrected chi connectivity index (χ3v) is 4.27. The zero-order valence-corrected chi connectivity index (χ0v) is 15.0. The third kappa shape index (κ3) is 5.68. The Morgan fingerprint density at radius 3 is 2.48 bits per heavy atom. The van der Waals surface area contributed by atoms with E-state index in [2.05, 4.69) is 31.3 Å². The van der Waals surface area contributed by atoms with Gasteiger partial charge in [-0.05, 0) is 63.1 Å². The number of aryl methyl sites for hydroxylation is 1. The molecule has 0 amide bonds. The summed E-state index contributed by atoms with van der Waals surface area (Å²) in [4.78, 5) is 0. The number of hydrogen-bond donors (Lipinski definition) is 1. The van der Waals surface area contributed by atoms with Crippen LogP contribution in [0.15, 0.2) is 48.5 Å². The zero-order valence-electron chi connectivity index (χ0n) is 15.0. The van der Waals surface area contributed by atoms with Crippen LogP contribution in [0, 0.1) is 6.92 Å². The standard InChI is InChI=1S/C21H27NO3/c1-16-5-9-20(10-6-16)25-17(2)14-22-18-7-11-19(12-8-18)24-15-21-4-3-13-23-21/h5-12,17,21-22H,3-4,13-15H2,1-2H3/t17-,21+/m1/s1. The van der Waals surface area contributed by atoms with Crippen LogP contribution in [0.25, 0.3) is 0 Å². The van der Waals surface area contributed by atoms with Crippen molar-refractivity contribution in [2.75, 3.05) is 25.1 Å². The Labute approximate surface area is 150 Å². The van der Waals surface area contributed by atoms with Crippen LogP contribution < -0.4 is 14.8 Å². The summed E-state index contributed by atoms with van der Waals surface area (Å²) in [6.07, 6.45) is 2.56. The molecule has 0 aliphatic carbocycles. The number of anilines is 1. The summed E-state index contributed by atoms with van der Waals surface area (Å²) in [7, 11) is 0. The van der Waals surface area contributed by atoms with Gasteiger partial charge in [0.2, 0.25) is 0 Å². The Balaban J connectivity index is 1.40. The molecule has 0 bridgehead atoms. The van der Waals surface area contributed by atoms with Gasteiger partial charge in [0.1, 0.15) is 24.2 Å². The average molecular weight is 341 g/mol. The lowest BCUT2D eigenvalue weighted by Gasteiger charge is -2.17. The van der Waals surface area contributed by atoms with Gasteiger partial charge in [0.25, 0.3) is 0 Å². The zero-order chi connectivity index (χ0) is 17.5. The molecule has 4 nitrogen and oxygen atoms in total. The minimum absolute atomic E-state index is 0.0816. The minimum Gasteiger partial charge on any atom is -0.491 e. The van der Waals surface area contributed by atoms with Crippen molar-refractivity contribution < 1.29 is 14.2 Å². The molecule has 2 aromatic carbocycles. The molecule has 1 saturated heterocycles. The summed E-state index contributed by atoms with van der Waals surface area (Å²) in [5, 5.41) is 3.40. The topological polar surface area (TPSA) is 39.7 Å². The van der Waals surface area contributed by atoms with Crippen molar-refractivity contribution in [2.24, 2.45) is 0 Å². The Morgan fingerprint density at radius 1 is 1.08 bits per heavy atom. The number of hydrogen-bond acceptors (Lipinski definition) is 4. The largest absolute Gasteiger partial charge is 0.491 e. The summed E-state index contributed by atoms with van der Waals surface area (Å²) in [5.74, 6) is 1.78. The molecule has 0 spiro atoms. The average Bonchev–Trinajstić information content (AvgIpc) is 3.15. The van der Waals surface area contributed by atoms with Gasteiger partial charge in [-0.3, -0.25) is 0 Å². The van der Waals surface area contributed by atoms with E-state index in [1.165, 1.54) is 5.56 Å². The summed E-state index contributed by atoms with van der Waals surface area (Å²) < 4.78 is 17.3. The fraction of sp³-hybridized carbons (Fsp3) is 0.429. The molecule has 0 saturated carbocycles. The van der Waals surface area contributed by atoms with Crippen molar-refractivity contribution in [1.29, 1.82) is 0 Å².